The Bertz CT molecular complexity index is 1010. The highest BCUT2D eigenvalue weighted by molar-refractivity contribution is 5.95. The molecule has 3 heterocycles. The van der Waals surface area contributed by atoms with Gasteiger partial charge in [-0.3, -0.25) is 9.78 Å². The summed E-state index contributed by atoms with van der Waals surface area (Å²) in [5.41, 5.74) is 2.54. The van der Waals surface area contributed by atoms with E-state index in [9.17, 15) is 9.59 Å². The Morgan fingerprint density at radius 2 is 1.96 bits per heavy atom. The van der Waals surface area contributed by atoms with Gasteiger partial charge in [0.15, 0.2) is 0 Å². The summed E-state index contributed by atoms with van der Waals surface area (Å²) in [6, 6.07) is 5.48. The fourth-order valence-corrected chi connectivity index (χ4v) is 4.80. The van der Waals surface area contributed by atoms with Crippen molar-refractivity contribution in [1.29, 1.82) is 0 Å². The molecule has 1 fully saturated rings. The van der Waals surface area contributed by atoms with Crippen LogP contribution in [0.5, 0.6) is 5.75 Å². The lowest BCUT2D eigenvalue weighted by molar-refractivity contribution is -0.0219. The number of nitrogens with one attached hydrogen (secondary N) is 1. The number of carbonyl (C=O) groups excluding carboxylic acids is 1. The summed E-state index contributed by atoms with van der Waals surface area (Å²) in [6.45, 7) is 1.29. The number of fused-ring (bicyclic) bond motifs is 3. The highest BCUT2D eigenvalue weighted by Crippen LogP contribution is 2.48. The minimum Gasteiger partial charge on any atom is -0.496 e. The molecule has 28 heavy (non-hydrogen) atoms. The molecular formula is C21H23N3O4. The monoisotopic (exact) mass is 381 g/mol. The van der Waals surface area contributed by atoms with Crippen molar-refractivity contribution in [2.75, 3.05) is 25.1 Å². The van der Waals surface area contributed by atoms with E-state index in [-0.39, 0.29) is 11.5 Å². The van der Waals surface area contributed by atoms with Crippen LogP contribution in [0.3, 0.4) is 0 Å². The Labute approximate surface area is 162 Å². The number of hydrogen-bond donors (Lipinski definition) is 1. The Balaban J connectivity index is 1.43. The third-order valence-corrected chi connectivity index (χ3v) is 6.26. The van der Waals surface area contributed by atoms with E-state index >= 15 is 0 Å². The number of H-pyrrole nitrogens is 1. The van der Waals surface area contributed by atoms with E-state index in [1.807, 2.05) is 12.1 Å². The van der Waals surface area contributed by atoms with Crippen molar-refractivity contribution in [3.8, 4) is 5.75 Å². The van der Waals surface area contributed by atoms with Gasteiger partial charge < -0.3 is 14.4 Å². The van der Waals surface area contributed by atoms with Gasteiger partial charge in [0.25, 0.3) is 5.56 Å². The number of esters is 1. The SMILES string of the molecule is COc1cccc2c1C1(CCN(c3nc4c(c(=O)[nH]3)CCCC4)CC1)OC2=O. The minimum atomic E-state index is -0.663. The van der Waals surface area contributed by atoms with Crippen LogP contribution in [0.25, 0.3) is 0 Å². The van der Waals surface area contributed by atoms with Crippen LogP contribution < -0.4 is 15.2 Å². The van der Waals surface area contributed by atoms with Crippen LogP contribution in [0, 0.1) is 0 Å². The highest BCUT2D eigenvalue weighted by Gasteiger charge is 2.49. The second-order valence-electron chi connectivity index (χ2n) is 7.78. The number of hydrogen-bond acceptors (Lipinski definition) is 6. The zero-order chi connectivity index (χ0) is 19.3. The number of aromatic amines is 1. The van der Waals surface area contributed by atoms with Crippen LogP contribution >= 0.6 is 0 Å². The second kappa shape index (κ2) is 6.36. The van der Waals surface area contributed by atoms with Gasteiger partial charge in [-0.15, -0.1) is 0 Å². The summed E-state index contributed by atoms with van der Waals surface area (Å²) >= 11 is 0. The molecule has 0 bridgehead atoms. The van der Waals surface area contributed by atoms with Crippen molar-refractivity contribution in [2.24, 2.45) is 0 Å². The fraction of sp³-hybridized carbons (Fsp3) is 0.476. The molecule has 1 spiro atoms. The second-order valence-corrected chi connectivity index (χ2v) is 7.78. The van der Waals surface area contributed by atoms with Gasteiger partial charge in [-0.1, -0.05) is 6.07 Å². The Hall–Kier alpha value is -2.83. The number of methoxy groups -OCH3 is 1. The van der Waals surface area contributed by atoms with Crippen molar-refractivity contribution in [3.63, 3.8) is 0 Å². The van der Waals surface area contributed by atoms with Crippen LogP contribution in [0.4, 0.5) is 5.95 Å². The summed E-state index contributed by atoms with van der Waals surface area (Å²) in [5, 5.41) is 0. The van der Waals surface area contributed by atoms with Crippen molar-refractivity contribution < 1.29 is 14.3 Å². The van der Waals surface area contributed by atoms with Gasteiger partial charge >= 0.3 is 5.97 Å². The summed E-state index contributed by atoms with van der Waals surface area (Å²) in [6.07, 6.45) is 5.08. The van der Waals surface area contributed by atoms with Crippen molar-refractivity contribution in [1.82, 2.24) is 9.97 Å². The van der Waals surface area contributed by atoms with E-state index in [0.717, 1.165) is 42.5 Å². The molecule has 5 rings (SSSR count). The van der Waals surface area contributed by atoms with Crippen LogP contribution in [0.15, 0.2) is 23.0 Å². The van der Waals surface area contributed by atoms with Gasteiger partial charge in [-0.05, 0) is 37.8 Å². The lowest BCUT2D eigenvalue weighted by Crippen LogP contribution is -2.44. The van der Waals surface area contributed by atoms with E-state index < -0.39 is 5.60 Å². The molecule has 0 amide bonds. The number of carbonyl (C=O) groups is 1. The van der Waals surface area contributed by atoms with Gasteiger partial charge in [0, 0.05) is 31.5 Å². The van der Waals surface area contributed by atoms with Gasteiger partial charge in [-0.25, -0.2) is 9.78 Å². The van der Waals surface area contributed by atoms with Crippen molar-refractivity contribution >= 4 is 11.9 Å². The molecule has 2 aliphatic heterocycles. The van der Waals surface area contributed by atoms with Gasteiger partial charge in [0.2, 0.25) is 5.95 Å². The first-order valence-electron chi connectivity index (χ1n) is 9.89. The molecule has 1 N–H and O–H groups in total. The largest absolute Gasteiger partial charge is 0.496 e. The fourth-order valence-electron chi connectivity index (χ4n) is 4.80. The number of piperidine rings is 1. The van der Waals surface area contributed by atoms with Gasteiger partial charge in [-0.2, -0.15) is 0 Å². The average Bonchev–Trinajstić information content (AvgIpc) is 3.00. The molecule has 0 atom stereocenters. The Morgan fingerprint density at radius 3 is 2.75 bits per heavy atom. The zero-order valence-electron chi connectivity index (χ0n) is 15.9. The number of aromatic nitrogens is 2. The first kappa shape index (κ1) is 17.3. The molecule has 1 aromatic heterocycles. The average molecular weight is 381 g/mol. The van der Waals surface area contributed by atoms with Crippen LogP contribution in [-0.4, -0.2) is 36.1 Å². The van der Waals surface area contributed by atoms with E-state index in [0.29, 0.717) is 43.2 Å². The molecule has 3 aliphatic rings. The first-order valence-corrected chi connectivity index (χ1v) is 9.89. The van der Waals surface area contributed by atoms with Gasteiger partial charge in [0.05, 0.1) is 23.9 Å². The van der Waals surface area contributed by atoms with E-state index in [4.69, 9.17) is 14.5 Å². The Kier molecular flexibility index (Phi) is 3.92. The normalized spacial score (nSPS) is 19.9. The summed E-state index contributed by atoms with van der Waals surface area (Å²) < 4.78 is 11.4. The molecule has 0 radical (unpaired) electrons. The van der Waals surface area contributed by atoms with Crippen LogP contribution in [0.1, 0.15) is 52.9 Å². The highest BCUT2D eigenvalue weighted by atomic mass is 16.6. The molecule has 0 saturated carbocycles. The molecule has 2 aromatic rings. The maximum absolute atomic E-state index is 12.5. The predicted octanol–water partition coefficient (Wildman–Crippen LogP) is 2.32. The number of aryl methyl sites for hydroxylation is 1. The predicted molar refractivity (Wildman–Crippen MR) is 103 cm³/mol. The minimum absolute atomic E-state index is 0.0145. The number of anilines is 1. The molecule has 0 unspecified atom stereocenters. The first-order chi connectivity index (χ1) is 13.6. The standard InChI is InChI=1S/C21H23N3O4/c1-27-16-8-4-6-14-17(16)21(28-19(14)26)9-11-24(12-10-21)20-22-15-7-3-2-5-13(15)18(25)23-20/h4,6,8H,2-3,5,7,9-12H2,1H3,(H,22,23,25). The molecule has 1 aliphatic carbocycles. The van der Waals surface area contributed by atoms with Crippen molar-refractivity contribution in [2.45, 2.75) is 44.1 Å². The summed E-state index contributed by atoms with van der Waals surface area (Å²) in [7, 11) is 1.61. The topological polar surface area (TPSA) is 84.5 Å². The maximum Gasteiger partial charge on any atom is 0.339 e. The van der Waals surface area contributed by atoms with Crippen LogP contribution in [0.2, 0.25) is 0 Å². The Morgan fingerprint density at radius 1 is 1.18 bits per heavy atom. The molecule has 1 aromatic carbocycles. The lowest BCUT2D eigenvalue weighted by atomic mass is 9.83. The van der Waals surface area contributed by atoms with Gasteiger partial charge in [0.1, 0.15) is 11.4 Å². The molecular weight excluding hydrogens is 358 g/mol. The zero-order valence-corrected chi connectivity index (χ0v) is 15.9. The maximum atomic E-state index is 12.5. The summed E-state index contributed by atoms with van der Waals surface area (Å²) in [5.74, 6) is 1.03. The number of ether oxygens (including phenoxy) is 2. The van der Waals surface area contributed by atoms with E-state index in [2.05, 4.69) is 9.88 Å². The molecule has 7 heteroatoms. The lowest BCUT2D eigenvalue weighted by Gasteiger charge is -2.39. The smallest absolute Gasteiger partial charge is 0.339 e. The van der Waals surface area contributed by atoms with E-state index in [1.165, 1.54) is 0 Å². The third kappa shape index (κ3) is 2.52. The van der Waals surface area contributed by atoms with E-state index in [1.54, 1.807) is 13.2 Å². The quantitative estimate of drug-likeness (QED) is 0.804. The van der Waals surface area contributed by atoms with Crippen LogP contribution in [-0.2, 0) is 23.2 Å². The molecule has 1 saturated heterocycles. The number of nitrogens with zero attached hydrogens (tertiary/aromatic N) is 2. The molecule has 7 nitrogen and oxygen atoms in total. The number of rotatable bonds is 2. The summed E-state index contributed by atoms with van der Waals surface area (Å²) in [4.78, 5) is 34.7. The van der Waals surface area contributed by atoms with Crippen molar-refractivity contribution in [3.05, 3.63) is 50.9 Å². The third-order valence-electron chi connectivity index (χ3n) is 6.26. The molecule has 146 valence electrons. The number of benzene rings is 1.